The Labute approximate surface area is 189 Å². The Kier molecular flexibility index (Phi) is 12.9. The maximum atomic E-state index is 13.0. The third kappa shape index (κ3) is 9.08. The van der Waals surface area contributed by atoms with Crippen molar-refractivity contribution in [3.05, 3.63) is 61.0 Å². The molecule has 2 aromatic heterocycles. The van der Waals surface area contributed by atoms with Gasteiger partial charge in [0.1, 0.15) is 11.6 Å². The first kappa shape index (κ1) is 29.1. The molecule has 1 unspecified atom stereocenters. The molecule has 178 valence electrons. The van der Waals surface area contributed by atoms with Gasteiger partial charge < -0.3 is 5.32 Å². The largest absolute Gasteiger partial charge is 0.416 e. The Hall–Kier alpha value is -2.90. The molecule has 1 atom stereocenters. The lowest BCUT2D eigenvalue weighted by molar-refractivity contribution is -0.137. The molecule has 0 spiro atoms. The Morgan fingerprint density at radius 2 is 1.91 bits per heavy atom. The molecule has 1 N–H and O–H groups in total. The highest BCUT2D eigenvalue weighted by Gasteiger charge is 2.32. The molecule has 2 rings (SSSR count). The summed E-state index contributed by atoms with van der Waals surface area (Å²) in [4.78, 5) is 14.5. The molecular weight excluding hydrogens is 417 g/mol. The summed E-state index contributed by atoms with van der Waals surface area (Å²) in [6, 6.07) is 2.25. The van der Waals surface area contributed by atoms with Crippen LogP contribution in [0, 0.1) is 6.92 Å². The second kappa shape index (κ2) is 14.2. The number of unbranched alkanes of at least 4 members (excludes halogenated alkanes) is 1. The fourth-order valence-electron chi connectivity index (χ4n) is 2.86. The zero-order chi connectivity index (χ0) is 24.9. The van der Waals surface area contributed by atoms with Crippen LogP contribution in [-0.2, 0) is 11.0 Å². The number of alkyl halides is 3. The van der Waals surface area contributed by atoms with Crippen LogP contribution < -0.4 is 5.32 Å². The van der Waals surface area contributed by atoms with Crippen molar-refractivity contribution in [2.45, 2.75) is 72.5 Å². The van der Waals surface area contributed by atoms with E-state index in [4.69, 9.17) is 0 Å². The van der Waals surface area contributed by atoms with E-state index >= 15 is 0 Å². The van der Waals surface area contributed by atoms with E-state index < -0.39 is 11.7 Å². The van der Waals surface area contributed by atoms with Crippen molar-refractivity contribution in [3.8, 4) is 0 Å². The number of pyridine rings is 1. The van der Waals surface area contributed by atoms with Gasteiger partial charge >= 0.3 is 6.18 Å². The highest BCUT2D eigenvalue weighted by atomic mass is 19.4. The smallest absolute Gasteiger partial charge is 0.367 e. The number of aryl methyl sites for hydroxylation is 1. The number of Topliss-reactive ketones (excluding diaryl/α,β-unsaturated/α-hetero) is 1. The Bertz CT molecular complexity index is 901. The number of fused-ring (bicyclic) bond motifs is 1. The lowest BCUT2D eigenvalue weighted by Gasteiger charge is -2.19. The van der Waals surface area contributed by atoms with Crippen LogP contribution in [0.5, 0.6) is 0 Å². The van der Waals surface area contributed by atoms with E-state index in [9.17, 15) is 18.0 Å². The van der Waals surface area contributed by atoms with Crippen LogP contribution in [-0.4, -0.2) is 26.4 Å². The molecule has 0 saturated carbocycles. The van der Waals surface area contributed by atoms with Crippen LogP contribution in [0.4, 0.5) is 19.0 Å². The van der Waals surface area contributed by atoms with Crippen molar-refractivity contribution in [2.24, 2.45) is 0 Å². The molecule has 0 aliphatic rings. The lowest BCUT2D eigenvalue weighted by Crippen LogP contribution is -2.21. The lowest BCUT2D eigenvalue weighted by atomic mass is 10.1. The first-order valence-corrected chi connectivity index (χ1v) is 10.6. The van der Waals surface area contributed by atoms with Gasteiger partial charge in [0.2, 0.25) is 0 Å². The molecule has 0 aromatic carbocycles. The summed E-state index contributed by atoms with van der Waals surface area (Å²) in [5.41, 5.74) is 0.186. The Morgan fingerprint density at radius 1 is 1.28 bits per heavy atom. The van der Waals surface area contributed by atoms with Gasteiger partial charge in [-0.2, -0.15) is 17.7 Å². The number of carbonyl (C=O) groups is 1. The molecule has 8 heteroatoms. The topological polar surface area (TPSA) is 59.3 Å². The number of hydrogen-bond donors (Lipinski definition) is 1. The molecule has 2 heterocycles. The van der Waals surface area contributed by atoms with E-state index in [0.29, 0.717) is 17.2 Å². The Morgan fingerprint density at radius 3 is 2.31 bits per heavy atom. The number of hydrogen-bond acceptors (Lipinski definition) is 4. The molecule has 0 saturated heterocycles. The molecule has 0 amide bonds. The van der Waals surface area contributed by atoms with Crippen LogP contribution in [0.1, 0.15) is 64.8 Å². The average Bonchev–Trinajstić information content (AvgIpc) is 3.13. The van der Waals surface area contributed by atoms with Gasteiger partial charge in [0, 0.05) is 11.6 Å². The van der Waals surface area contributed by atoms with Crippen LogP contribution in [0.2, 0.25) is 0 Å². The van der Waals surface area contributed by atoms with Gasteiger partial charge in [0.25, 0.3) is 0 Å². The summed E-state index contributed by atoms with van der Waals surface area (Å²) >= 11 is 0. The average molecular weight is 453 g/mol. The predicted octanol–water partition coefficient (Wildman–Crippen LogP) is 6.95. The summed E-state index contributed by atoms with van der Waals surface area (Å²) in [5.74, 6) is 0.861. The molecule has 0 radical (unpaired) electrons. The molecule has 0 aliphatic carbocycles. The fraction of sp³-hybridized carbons (Fsp3) is 0.458. The van der Waals surface area contributed by atoms with Gasteiger partial charge in [0.15, 0.2) is 11.4 Å². The van der Waals surface area contributed by atoms with Crippen LogP contribution >= 0.6 is 0 Å². The zero-order valence-corrected chi connectivity index (χ0v) is 19.7. The molecule has 5 nitrogen and oxygen atoms in total. The number of carbonyl (C=O) groups excluding carboxylic acids is 1. The maximum Gasteiger partial charge on any atom is 0.416 e. The number of rotatable bonds is 8. The molecule has 32 heavy (non-hydrogen) atoms. The van der Waals surface area contributed by atoms with E-state index in [-0.39, 0.29) is 17.5 Å². The first-order valence-electron chi connectivity index (χ1n) is 10.6. The first-order chi connectivity index (χ1) is 15.1. The minimum absolute atomic E-state index is 0.0718. The van der Waals surface area contributed by atoms with Crippen molar-refractivity contribution in [1.82, 2.24) is 14.6 Å². The van der Waals surface area contributed by atoms with E-state index in [1.54, 1.807) is 19.1 Å². The number of aromatic nitrogens is 3. The highest BCUT2D eigenvalue weighted by Crippen LogP contribution is 2.32. The number of ketones is 1. The Balaban J connectivity index is 0.000000814. The third-order valence-corrected chi connectivity index (χ3v) is 4.56. The summed E-state index contributed by atoms with van der Waals surface area (Å²) in [7, 11) is 0. The van der Waals surface area contributed by atoms with E-state index in [2.05, 4.69) is 42.1 Å². The standard InChI is InChI=1S/C15H21F3N4.C7H10O.C2H4/c1-4-6-7-12(5-2)20-14-9-11(15(16,17)18)8-13-19-10(3)21-22(13)14;1-4-7(5-2)6(3)8;1-2/h8-9,12,20H,4-7H2,1-3H3;4-5H,1H2,2-3H3;1-2H2/b;7-5+;. The molecule has 2 aromatic rings. The summed E-state index contributed by atoms with van der Waals surface area (Å²) in [6.07, 6.45) is 2.74. The van der Waals surface area contributed by atoms with E-state index in [0.717, 1.165) is 37.8 Å². The molecular formula is C24H35F3N4O. The van der Waals surface area contributed by atoms with Gasteiger partial charge in [-0.15, -0.1) is 18.3 Å². The van der Waals surface area contributed by atoms with Crippen LogP contribution in [0.3, 0.4) is 0 Å². The highest BCUT2D eigenvalue weighted by molar-refractivity contribution is 5.95. The van der Waals surface area contributed by atoms with Gasteiger partial charge in [-0.25, -0.2) is 4.98 Å². The van der Waals surface area contributed by atoms with Crippen molar-refractivity contribution in [1.29, 1.82) is 0 Å². The number of anilines is 1. The monoisotopic (exact) mass is 452 g/mol. The number of nitrogens with one attached hydrogen (secondary N) is 1. The van der Waals surface area contributed by atoms with Crippen molar-refractivity contribution >= 4 is 17.2 Å². The molecule has 0 aliphatic heterocycles. The summed E-state index contributed by atoms with van der Waals surface area (Å²) in [5, 5.41) is 7.37. The second-order valence-electron chi connectivity index (χ2n) is 6.95. The quantitative estimate of drug-likeness (QED) is 0.268. The number of nitrogens with zero attached hydrogens (tertiary/aromatic N) is 3. The molecule has 0 fully saturated rings. The van der Waals surface area contributed by atoms with Crippen molar-refractivity contribution in [3.63, 3.8) is 0 Å². The third-order valence-electron chi connectivity index (χ3n) is 4.56. The van der Waals surface area contributed by atoms with Gasteiger partial charge in [-0.3, -0.25) is 4.79 Å². The van der Waals surface area contributed by atoms with Crippen molar-refractivity contribution < 1.29 is 18.0 Å². The summed E-state index contributed by atoms with van der Waals surface area (Å²) < 4.78 is 40.6. The SMILES string of the molecule is C=C.C=C/C(=C\C)C(C)=O.CCCCC(CC)Nc1cc(C(F)(F)F)cc2nc(C)nn12. The number of allylic oxidation sites excluding steroid dienone is 3. The van der Waals surface area contributed by atoms with Gasteiger partial charge in [0.05, 0.1) is 5.56 Å². The predicted molar refractivity (Wildman–Crippen MR) is 126 cm³/mol. The van der Waals surface area contributed by atoms with Crippen LogP contribution in [0.25, 0.3) is 5.65 Å². The van der Waals surface area contributed by atoms with E-state index in [1.807, 2.05) is 13.8 Å². The molecule has 0 bridgehead atoms. The van der Waals surface area contributed by atoms with Crippen molar-refractivity contribution in [2.75, 3.05) is 5.32 Å². The van der Waals surface area contributed by atoms with E-state index in [1.165, 1.54) is 11.4 Å². The number of halogens is 3. The zero-order valence-electron chi connectivity index (χ0n) is 19.7. The van der Waals surface area contributed by atoms with Gasteiger partial charge in [-0.1, -0.05) is 45.4 Å². The minimum atomic E-state index is -4.40. The maximum absolute atomic E-state index is 13.0. The van der Waals surface area contributed by atoms with Gasteiger partial charge in [-0.05, 0) is 45.7 Å². The fourth-order valence-corrected chi connectivity index (χ4v) is 2.86. The minimum Gasteiger partial charge on any atom is -0.367 e. The second-order valence-corrected chi connectivity index (χ2v) is 6.95. The normalized spacial score (nSPS) is 12.2. The summed E-state index contributed by atoms with van der Waals surface area (Å²) in [6.45, 7) is 18.6. The van der Waals surface area contributed by atoms with Crippen LogP contribution in [0.15, 0.2) is 49.6 Å².